The molecule has 0 radical (unpaired) electrons. The van der Waals surface area contributed by atoms with E-state index in [4.69, 9.17) is 16.3 Å². The molecule has 0 fully saturated rings. The average molecular weight is 419 g/mol. The number of allylic oxidation sites excluding steroid dienone is 1. The third kappa shape index (κ3) is 5.10. The van der Waals surface area contributed by atoms with Crippen LogP contribution in [0.3, 0.4) is 0 Å². The summed E-state index contributed by atoms with van der Waals surface area (Å²) >= 11 is 5.99. The fourth-order valence-corrected chi connectivity index (χ4v) is 2.95. The fraction of sp³-hybridized carbons (Fsp3) is 0.0435. The molecule has 0 aliphatic carbocycles. The van der Waals surface area contributed by atoms with Crippen LogP contribution < -0.4 is 4.74 Å². The van der Waals surface area contributed by atoms with Gasteiger partial charge in [-0.3, -0.25) is 14.9 Å². The van der Waals surface area contributed by atoms with Gasteiger partial charge in [-0.25, -0.2) is 0 Å². The molecule has 0 saturated heterocycles. The van der Waals surface area contributed by atoms with Crippen LogP contribution in [0.25, 0.3) is 6.08 Å². The minimum absolute atomic E-state index is 0.0642. The molecule has 0 N–H and O–H groups in total. The number of hydrogen-bond acceptors (Lipinski definition) is 5. The molecule has 3 aromatic carbocycles. The summed E-state index contributed by atoms with van der Waals surface area (Å²) in [5.41, 5.74) is 1.09. The zero-order chi connectivity index (χ0) is 21.5. The van der Waals surface area contributed by atoms with Crippen LogP contribution in [0.1, 0.15) is 21.5 Å². The Hall–Kier alpha value is -3.95. The van der Waals surface area contributed by atoms with Crippen molar-refractivity contribution in [2.45, 2.75) is 6.61 Å². The lowest BCUT2D eigenvalue weighted by Crippen LogP contribution is -2.03. The highest BCUT2D eigenvalue weighted by Gasteiger charge is 2.16. The maximum absolute atomic E-state index is 12.7. The highest BCUT2D eigenvalue weighted by atomic mass is 35.5. The molecular weight excluding hydrogens is 404 g/mol. The van der Waals surface area contributed by atoms with Gasteiger partial charge in [0.05, 0.1) is 4.92 Å². The van der Waals surface area contributed by atoms with E-state index in [-0.39, 0.29) is 23.4 Å². The van der Waals surface area contributed by atoms with E-state index in [1.807, 2.05) is 18.2 Å². The second-order valence-corrected chi connectivity index (χ2v) is 6.70. The van der Waals surface area contributed by atoms with Crippen molar-refractivity contribution >= 4 is 29.1 Å². The van der Waals surface area contributed by atoms with Gasteiger partial charge in [0.25, 0.3) is 5.69 Å². The van der Waals surface area contributed by atoms with Gasteiger partial charge in [-0.2, -0.15) is 5.26 Å². The maximum Gasteiger partial charge on any atom is 0.270 e. The largest absolute Gasteiger partial charge is 0.488 e. The molecule has 3 rings (SSSR count). The summed E-state index contributed by atoms with van der Waals surface area (Å²) in [7, 11) is 0. The molecule has 3 aromatic rings. The lowest BCUT2D eigenvalue weighted by molar-refractivity contribution is -0.384. The number of benzene rings is 3. The molecule has 0 heterocycles. The minimum Gasteiger partial charge on any atom is -0.488 e. The van der Waals surface area contributed by atoms with Gasteiger partial charge in [-0.05, 0) is 29.8 Å². The monoisotopic (exact) mass is 418 g/mol. The lowest BCUT2D eigenvalue weighted by Gasteiger charge is -2.10. The first-order valence-electron chi connectivity index (χ1n) is 8.85. The number of ketones is 1. The number of carbonyl (C=O) groups excluding carboxylic acids is 1. The molecule has 0 aliphatic heterocycles. The van der Waals surface area contributed by atoms with Crippen molar-refractivity contribution < 1.29 is 14.5 Å². The third-order valence-corrected chi connectivity index (χ3v) is 4.42. The predicted molar refractivity (Wildman–Crippen MR) is 113 cm³/mol. The normalized spacial score (nSPS) is 10.9. The number of Topliss-reactive ketones (excluding diaryl/α,β-unsaturated/α-hetero) is 1. The van der Waals surface area contributed by atoms with Crippen molar-refractivity contribution in [3.8, 4) is 11.8 Å². The highest BCUT2D eigenvalue weighted by Crippen LogP contribution is 2.24. The molecule has 0 amide bonds. The number of nitro groups is 1. The van der Waals surface area contributed by atoms with E-state index in [0.29, 0.717) is 16.3 Å². The standard InChI is InChI=1S/C23H15ClN2O4/c24-20-8-3-5-16(11-20)15-30-22-10-2-1-6-17(22)12-19(14-25)23(27)18-7-4-9-21(13-18)26(28)29/h1-13H,15H2/b19-12+. The van der Waals surface area contributed by atoms with Crippen molar-refractivity contribution in [1.29, 1.82) is 5.26 Å². The van der Waals surface area contributed by atoms with E-state index < -0.39 is 10.7 Å². The molecule has 0 unspecified atom stereocenters. The van der Waals surface area contributed by atoms with Crippen LogP contribution in [0.15, 0.2) is 78.4 Å². The Balaban J connectivity index is 1.87. The molecule has 0 atom stereocenters. The van der Waals surface area contributed by atoms with E-state index in [9.17, 15) is 20.2 Å². The van der Waals surface area contributed by atoms with Gasteiger partial charge in [0.15, 0.2) is 0 Å². The number of hydrogen-bond donors (Lipinski definition) is 0. The van der Waals surface area contributed by atoms with E-state index in [1.165, 1.54) is 24.3 Å². The van der Waals surface area contributed by atoms with Crippen LogP contribution in [0.2, 0.25) is 5.02 Å². The molecule has 0 aromatic heterocycles. The summed E-state index contributed by atoms with van der Waals surface area (Å²) in [5.74, 6) is -0.122. The van der Waals surface area contributed by atoms with E-state index in [0.717, 1.165) is 11.6 Å². The summed E-state index contributed by atoms with van der Waals surface area (Å²) in [4.78, 5) is 23.1. The van der Waals surface area contributed by atoms with Gasteiger partial charge in [-0.1, -0.05) is 54.1 Å². The number of nitrogens with zero attached hydrogens (tertiary/aromatic N) is 2. The molecule has 148 valence electrons. The average Bonchev–Trinajstić information content (AvgIpc) is 2.76. The van der Waals surface area contributed by atoms with Gasteiger partial charge in [0.1, 0.15) is 24.0 Å². The Morgan fingerprint density at radius 3 is 2.60 bits per heavy atom. The number of nitriles is 1. The van der Waals surface area contributed by atoms with Gasteiger partial charge >= 0.3 is 0 Å². The van der Waals surface area contributed by atoms with Gasteiger partial charge in [0, 0.05) is 28.3 Å². The fourth-order valence-electron chi connectivity index (χ4n) is 2.74. The number of para-hydroxylation sites is 1. The Kier molecular flexibility index (Phi) is 6.58. The molecule has 7 heteroatoms. The van der Waals surface area contributed by atoms with Crippen LogP contribution in [0.5, 0.6) is 5.75 Å². The number of rotatable bonds is 7. The Morgan fingerprint density at radius 1 is 1.10 bits per heavy atom. The lowest BCUT2D eigenvalue weighted by atomic mass is 10.0. The predicted octanol–water partition coefficient (Wildman–Crippen LogP) is 5.62. The van der Waals surface area contributed by atoms with Crippen molar-refractivity contribution in [1.82, 2.24) is 0 Å². The Bertz CT molecular complexity index is 1180. The second-order valence-electron chi connectivity index (χ2n) is 6.26. The van der Waals surface area contributed by atoms with E-state index >= 15 is 0 Å². The van der Waals surface area contributed by atoms with E-state index in [1.54, 1.807) is 36.4 Å². The van der Waals surface area contributed by atoms with Crippen LogP contribution in [0.4, 0.5) is 5.69 Å². The SMILES string of the molecule is N#C/C(=C\c1ccccc1OCc1cccc(Cl)c1)C(=O)c1cccc([N+](=O)[O-])c1. The topological polar surface area (TPSA) is 93.2 Å². The molecule has 0 saturated carbocycles. The van der Waals surface area contributed by atoms with Crippen LogP contribution in [-0.4, -0.2) is 10.7 Å². The number of ether oxygens (including phenoxy) is 1. The molecule has 0 spiro atoms. The summed E-state index contributed by atoms with van der Waals surface area (Å²) in [6.07, 6.45) is 1.41. The highest BCUT2D eigenvalue weighted by molar-refractivity contribution is 6.30. The number of nitro benzene ring substituents is 1. The zero-order valence-corrected chi connectivity index (χ0v) is 16.4. The van der Waals surface area contributed by atoms with Crippen LogP contribution >= 0.6 is 11.6 Å². The number of carbonyl (C=O) groups is 1. The maximum atomic E-state index is 12.7. The molecule has 30 heavy (non-hydrogen) atoms. The van der Waals surface area contributed by atoms with E-state index in [2.05, 4.69) is 0 Å². The Morgan fingerprint density at radius 2 is 1.87 bits per heavy atom. The van der Waals surface area contributed by atoms with Crippen molar-refractivity contribution in [3.63, 3.8) is 0 Å². The molecule has 0 aliphatic rings. The minimum atomic E-state index is -0.606. The molecule has 0 bridgehead atoms. The summed E-state index contributed by atoms with van der Waals surface area (Å²) in [6.45, 7) is 0.256. The van der Waals surface area contributed by atoms with Gasteiger partial charge < -0.3 is 4.74 Å². The van der Waals surface area contributed by atoms with Crippen LogP contribution in [-0.2, 0) is 6.61 Å². The van der Waals surface area contributed by atoms with Crippen molar-refractivity contribution in [3.05, 3.63) is 110 Å². The second kappa shape index (κ2) is 9.50. The van der Waals surface area contributed by atoms with Crippen molar-refractivity contribution in [2.75, 3.05) is 0 Å². The summed E-state index contributed by atoms with van der Waals surface area (Å²) < 4.78 is 5.85. The first-order valence-corrected chi connectivity index (χ1v) is 9.23. The number of non-ortho nitro benzene ring substituents is 1. The first-order chi connectivity index (χ1) is 14.5. The Labute approximate surface area is 177 Å². The summed E-state index contributed by atoms with van der Waals surface area (Å²) in [6, 6.07) is 21.4. The third-order valence-electron chi connectivity index (χ3n) is 4.19. The van der Waals surface area contributed by atoms with Crippen LogP contribution in [0, 0.1) is 21.4 Å². The molecule has 6 nitrogen and oxygen atoms in total. The van der Waals surface area contributed by atoms with Crippen molar-refractivity contribution in [2.24, 2.45) is 0 Å². The van der Waals surface area contributed by atoms with Gasteiger partial charge in [-0.15, -0.1) is 0 Å². The zero-order valence-electron chi connectivity index (χ0n) is 15.6. The first kappa shape index (κ1) is 20.8. The smallest absolute Gasteiger partial charge is 0.270 e. The number of halogens is 1. The summed E-state index contributed by atoms with van der Waals surface area (Å²) in [5, 5.41) is 21.0. The quantitative estimate of drug-likeness (QED) is 0.163. The molecular formula is C23H15ClN2O4. The van der Waals surface area contributed by atoms with Gasteiger partial charge in [0.2, 0.25) is 5.78 Å².